The van der Waals surface area contributed by atoms with Crippen LogP contribution in [0.4, 0.5) is 0 Å². The monoisotopic (exact) mass is 1510 g/mol. The number of hydrogen-bond donors (Lipinski definition) is 4. The first-order chi connectivity index (χ1) is 55.7. The van der Waals surface area contributed by atoms with Crippen LogP contribution in [0.5, 0.6) is 0 Å². The van der Waals surface area contributed by atoms with Gasteiger partial charge < -0.3 is 19.4 Å². The van der Waals surface area contributed by atoms with E-state index in [1.165, 1.54) is 5.56 Å². The fourth-order valence-corrected chi connectivity index (χ4v) is 14.8. The number of hydrogen-bond acceptors (Lipinski definition) is 13. The second kappa shape index (κ2) is 37.1. The summed E-state index contributed by atoms with van der Waals surface area (Å²) in [5.74, 6) is 2.44. The van der Waals surface area contributed by atoms with Crippen LogP contribution in [0.15, 0.2) is 240 Å². The molecule has 0 radical (unpaired) electrons. The zero-order chi connectivity index (χ0) is 79.6. The molecular weight excluding hydrogens is 1420 g/mol. The highest BCUT2D eigenvalue weighted by atomic mass is 16.5. The second-order valence-electron chi connectivity index (χ2n) is 28.3. The number of aromatic nitrogens is 14. The summed E-state index contributed by atoms with van der Waals surface area (Å²) >= 11 is 0. The Morgan fingerprint density at radius 3 is 1.08 bits per heavy atom. The van der Waals surface area contributed by atoms with Crippen LogP contribution in [0.25, 0.3) is 101 Å². The number of amides is 1. The maximum atomic E-state index is 13.1. The van der Waals surface area contributed by atoms with Crippen molar-refractivity contribution in [2.24, 2.45) is 5.73 Å². The Hall–Kier alpha value is -13.4. The second-order valence-corrected chi connectivity index (χ2v) is 28.3. The van der Waals surface area contributed by atoms with Gasteiger partial charge in [-0.05, 0) is 153 Å². The summed E-state index contributed by atoms with van der Waals surface area (Å²) in [5, 5.41) is 26.1. The van der Waals surface area contributed by atoms with Gasteiger partial charge in [-0.25, -0.2) is 19.7 Å². The number of ketones is 2. The van der Waals surface area contributed by atoms with Crippen LogP contribution in [-0.4, -0.2) is 87.1 Å². The molecule has 1 amide bonds. The van der Waals surface area contributed by atoms with Gasteiger partial charge in [-0.15, -0.1) is 0 Å². The zero-order valence-corrected chi connectivity index (χ0v) is 65.9. The molecule has 576 valence electrons. The number of Topliss-reactive ketones (excluding diaryl/α,β-unsaturated/α-hetero) is 2. The topological polar surface area (TPSA) is 273 Å². The van der Waals surface area contributed by atoms with E-state index in [4.69, 9.17) is 25.2 Å². The smallest absolute Gasteiger partial charge is 0.364 e. The fraction of sp³-hybridized carbons (Fsp3) is 0.234. The fourth-order valence-electron chi connectivity index (χ4n) is 14.8. The molecule has 0 spiro atoms. The Kier molecular flexibility index (Phi) is 25.6. The van der Waals surface area contributed by atoms with E-state index in [1.807, 2.05) is 73.0 Å². The Labute approximate surface area is 664 Å². The lowest BCUT2D eigenvalue weighted by Crippen LogP contribution is -2.20. The van der Waals surface area contributed by atoms with Crippen LogP contribution in [-0.2, 0) is 58.2 Å². The van der Waals surface area contributed by atoms with Crippen molar-refractivity contribution in [2.75, 3.05) is 0 Å². The molecule has 0 saturated heterocycles. The number of nitrogens with two attached hydrogens (primary N) is 1. The van der Waals surface area contributed by atoms with Crippen LogP contribution >= 0.6 is 0 Å². The van der Waals surface area contributed by atoms with Crippen LogP contribution in [0, 0.1) is 0 Å². The van der Waals surface area contributed by atoms with Crippen molar-refractivity contribution < 1.29 is 18.9 Å². The molecule has 20 nitrogen and oxygen atoms in total. The van der Waals surface area contributed by atoms with Crippen molar-refractivity contribution in [3.63, 3.8) is 0 Å². The van der Waals surface area contributed by atoms with E-state index in [0.717, 1.165) is 204 Å². The van der Waals surface area contributed by atoms with E-state index in [2.05, 4.69) is 249 Å². The lowest BCUT2D eigenvalue weighted by atomic mass is 9.93. The molecule has 6 heterocycles. The summed E-state index contributed by atoms with van der Waals surface area (Å²) in [6, 6.07) is 75.1. The predicted octanol–water partition coefficient (Wildman–Crippen LogP) is 19.5. The van der Waals surface area contributed by atoms with E-state index in [-0.39, 0.29) is 11.6 Å². The lowest BCUT2D eigenvalue weighted by molar-refractivity contribution is 0.0968. The van der Waals surface area contributed by atoms with Gasteiger partial charge in [0, 0.05) is 68.9 Å². The third kappa shape index (κ3) is 18.0. The van der Waals surface area contributed by atoms with E-state index in [1.54, 1.807) is 19.3 Å². The Morgan fingerprint density at radius 1 is 0.395 bits per heavy atom. The molecule has 5 N–H and O–H groups in total. The summed E-state index contributed by atoms with van der Waals surface area (Å²) in [6.45, 7) is 17.9. The van der Waals surface area contributed by atoms with Gasteiger partial charge in [-0.3, -0.25) is 23.9 Å². The first-order valence-electron chi connectivity index (χ1n) is 39.4. The van der Waals surface area contributed by atoms with Gasteiger partial charge in [-0.2, -0.15) is 30.8 Å². The summed E-state index contributed by atoms with van der Waals surface area (Å²) in [7, 11) is 0. The summed E-state index contributed by atoms with van der Waals surface area (Å²) < 4.78 is 11.0. The van der Waals surface area contributed by atoms with Crippen molar-refractivity contribution in [1.29, 1.82) is 0 Å². The molecule has 6 aromatic heterocycles. The van der Waals surface area contributed by atoms with Gasteiger partial charge in [-0.1, -0.05) is 248 Å². The molecule has 0 bridgehead atoms. The number of imidazole rings is 3. The molecule has 20 heteroatoms. The van der Waals surface area contributed by atoms with Crippen molar-refractivity contribution in [3.8, 4) is 101 Å². The normalized spacial score (nSPS) is 11.1. The highest BCUT2D eigenvalue weighted by Gasteiger charge is 2.25. The zero-order valence-electron chi connectivity index (χ0n) is 65.9. The highest BCUT2D eigenvalue weighted by Crippen LogP contribution is 2.39. The number of aromatic amines is 3. The van der Waals surface area contributed by atoms with Crippen LogP contribution in [0.2, 0.25) is 0 Å². The molecule has 114 heavy (non-hydrogen) atoms. The van der Waals surface area contributed by atoms with Crippen molar-refractivity contribution in [1.82, 2.24) is 69.6 Å². The first-order valence-corrected chi connectivity index (χ1v) is 39.4. The first kappa shape index (κ1) is 78.8. The average molecular weight is 1510 g/mol. The molecule has 0 atom stereocenters. The number of carbonyl (C=O) groups is 3. The number of carbonyl (C=O) groups excluding carboxylic acids is 3. The maximum Gasteiger partial charge on any atom is 0.439 e. The Bertz CT molecular complexity index is 5800. The molecule has 15 aromatic rings. The van der Waals surface area contributed by atoms with Crippen LogP contribution < -0.4 is 11.5 Å². The quantitative estimate of drug-likeness (QED) is 0.0318. The van der Waals surface area contributed by atoms with E-state index in [9.17, 15) is 19.2 Å². The van der Waals surface area contributed by atoms with E-state index < -0.39 is 11.7 Å². The lowest BCUT2D eigenvalue weighted by Gasteiger charge is -2.14. The SMILES string of the molecule is CCCC(=O)c1c(CC)nc(CCC)n1Cc1ccc(-c2cc(-c3ccccc3)ccc2-c2cn[nH]n2)cc1.CCCc1nc(CC)c(C(C)=O)n1Cc1ccc(-c2cc(-c3ccccc3)ccc2-c2noc(=O)[nH]2)cc1.CCCc1nc(CC)c(C(N)=O)n1Cc1ccc(-c2cc(-c3ccccc3)ccc2-c2cn[nH]n2)cc1. The van der Waals surface area contributed by atoms with Crippen molar-refractivity contribution in [2.45, 2.75) is 146 Å². The minimum Gasteiger partial charge on any atom is -0.364 e. The summed E-state index contributed by atoms with van der Waals surface area (Å²) in [4.78, 5) is 66.7. The number of aryl methyl sites for hydroxylation is 6. The highest BCUT2D eigenvalue weighted by molar-refractivity contribution is 5.96. The third-order valence-electron chi connectivity index (χ3n) is 20.4. The van der Waals surface area contributed by atoms with E-state index >= 15 is 0 Å². The minimum absolute atomic E-state index is 0.0392. The standard InChI is InChI=1S/C33H35N5O.C31H30N4O3.C30H30N6O/c1-4-10-31(39)33-29(6-3)35-32(11-5-2)38(33)22-23-14-16-25(17-15-23)28-20-26(24-12-8-7-9-13-24)18-19-27(28)30-21-34-37-36-30;1-4-9-28-32-27(5-2)29(20(3)36)35(28)19-21-12-14-23(15-13-21)26-18-24(22-10-7-6-8-11-22)16-17-25(26)30-33-31(37)38-34-30;1-3-8-28-33-26(4-2)29(30(31)37)36(28)19-20-11-13-22(14-12-20)25-17-23(21-9-6-5-7-10-21)15-16-24(25)27-18-32-35-34-27/h7-9,12-21H,4-6,10-11,22H2,1-3H3,(H,34,36,37);6-8,10-18H,4-5,9,19H2,1-3H3,(H,33,34,37);5-7,9-18H,3-4,8,19H2,1-2H3,(H2,31,37)(H,32,34,35). The number of primary amides is 1. The number of H-pyrrole nitrogens is 3. The largest absolute Gasteiger partial charge is 0.439 e. The van der Waals surface area contributed by atoms with Gasteiger partial charge in [0.05, 0.1) is 29.5 Å². The predicted molar refractivity (Wildman–Crippen MR) is 451 cm³/mol. The molecule has 0 unspecified atom stereocenters. The Balaban J connectivity index is 0.000000149. The van der Waals surface area contributed by atoms with E-state index in [0.29, 0.717) is 49.7 Å². The van der Waals surface area contributed by atoms with Gasteiger partial charge in [0.15, 0.2) is 17.4 Å². The van der Waals surface area contributed by atoms with Crippen LogP contribution in [0.3, 0.4) is 0 Å². The molecule has 0 fully saturated rings. The van der Waals surface area contributed by atoms with Crippen molar-refractivity contribution >= 4 is 17.5 Å². The Morgan fingerprint density at radius 2 is 0.746 bits per heavy atom. The van der Waals surface area contributed by atoms with Crippen molar-refractivity contribution in [3.05, 3.63) is 310 Å². The van der Waals surface area contributed by atoms with Gasteiger partial charge >= 0.3 is 5.76 Å². The number of nitrogens with one attached hydrogen (secondary N) is 3. The minimum atomic E-state index is -0.593. The molecule has 0 aliphatic heterocycles. The summed E-state index contributed by atoms with van der Waals surface area (Å²) in [6.07, 6.45) is 12.4. The van der Waals surface area contributed by atoms with Gasteiger partial charge in [0.2, 0.25) is 0 Å². The average Bonchev–Trinajstić information content (AvgIpc) is 1.04. The van der Waals surface area contributed by atoms with Gasteiger partial charge in [0.1, 0.15) is 45.9 Å². The molecule has 0 aliphatic rings. The molecule has 15 rings (SSSR count). The third-order valence-corrected chi connectivity index (χ3v) is 20.4. The molecule has 0 aliphatic carbocycles. The number of nitrogens with zero attached hydrogens (tertiary/aromatic N) is 11. The number of benzene rings is 9. The van der Waals surface area contributed by atoms with Crippen LogP contribution in [0.1, 0.15) is 170 Å². The molecule has 9 aromatic carbocycles. The molecular formula is C94H95N15O5. The maximum absolute atomic E-state index is 13.1. The number of rotatable bonds is 29. The van der Waals surface area contributed by atoms with Gasteiger partial charge in [0.25, 0.3) is 5.91 Å². The molecule has 0 saturated carbocycles. The summed E-state index contributed by atoms with van der Waals surface area (Å²) in [5.41, 5.74) is 31.0.